The van der Waals surface area contributed by atoms with E-state index in [0.717, 1.165) is 44.8 Å². The molecule has 0 saturated heterocycles. The molecule has 0 aliphatic heterocycles. The molecule has 0 fully saturated rings. The van der Waals surface area contributed by atoms with Gasteiger partial charge in [0.2, 0.25) is 0 Å². The molecule has 0 bridgehead atoms. The molecule has 0 saturated carbocycles. The van der Waals surface area contributed by atoms with Crippen molar-refractivity contribution in [3.8, 4) is 28.2 Å². The van der Waals surface area contributed by atoms with Gasteiger partial charge in [-0.15, -0.1) is 0 Å². The Balaban J connectivity index is 1.80. The van der Waals surface area contributed by atoms with Gasteiger partial charge in [-0.05, 0) is 56.2 Å². The molecule has 0 spiro atoms. The quantitative estimate of drug-likeness (QED) is 0.402. The Hall–Kier alpha value is -4.13. The highest BCUT2D eigenvalue weighted by molar-refractivity contribution is 5.87. The molecule has 7 heteroatoms. The van der Waals surface area contributed by atoms with Crippen LogP contribution in [0.4, 0.5) is 0 Å². The lowest BCUT2D eigenvalue weighted by Gasteiger charge is -2.25. The van der Waals surface area contributed by atoms with Crippen molar-refractivity contribution in [3.63, 3.8) is 0 Å². The molecule has 5 aromatic rings. The summed E-state index contributed by atoms with van der Waals surface area (Å²) in [4.78, 5) is 17.5. The fourth-order valence-corrected chi connectivity index (χ4v) is 3.96. The largest absolute Gasteiger partial charge is 0.319 e. The van der Waals surface area contributed by atoms with Gasteiger partial charge in [0.25, 0.3) is 0 Å². The fourth-order valence-electron chi connectivity index (χ4n) is 3.96. The van der Waals surface area contributed by atoms with Crippen LogP contribution in [0, 0.1) is 0 Å². The molecule has 3 aromatic heterocycles. The Morgan fingerprint density at radius 2 is 1.72 bits per heavy atom. The van der Waals surface area contributed by atoms with Crippen LogP contribution < -0.4 is 0 Å². The first kappa shape index (κ1) is 19.8. The first-order chi connectivity index (χ1) is 15.5. The number of hydrogen-bond donors (Lipinski definition) is 0. The van der Waals surface area contributed by atoms with Gasteiger partial charge in [0.05, 0.1) is 16.7 Å². The minimum Gasteiger partial charge on any atom is -0.319 e. The van der Waals surface area contributed by atoms with Gasteiger partial charge in [-0.2, -0.15) is 5.10 Å². The molecule has 0 aliphatic rings. The Morgan fingerprint density at radius 3 is 2.41 bits per heavy atom. The molecule has 5 rings (SSSR count). The van der Waals surface area contributed by atoms with E-state index in [1.54, 1.807) is 11.0 Å². The molecule has 32 heavy (non-hydrogen) atoms. The Labute approximate surface area is 186 Å². The second kappa shape index (κ2) is 7.53. The highest BCUT2D eigenvalue weighted by atomic mass is 15.3. The molecule has 0 aliphatic carbocycles. The lowest BCUT2D eigenvalue weighted by molar-refractivity contribution is 0.413. The lowest BCUT2D eigenvalue weighted by atomic mass is 10.0. The van der Waals surface area contributed by atoms with Crippen LogP contribution in [0.25, 0.3) is 45.3 Å². The van der Waals surface area contributed by atoms with Crippen LogP contribution >= 0.6 is 0 Å². The van der Waals surface area contributed by atoms with E-state index in [1.807, 2.05) is 30.6 Å². The van der Waals surface area contributed by atoms with Gasteiger partial charge < -0.3 is 4.57 Å². The average molecular weight is 422 g/mol. The van der Waals surface area contributed by atoms with Gasteiger partial charge in [-0.3, -0.25) is 0 Å². The topological polar surface area (TPSA) is 74.3 Å². The van der Waals surface area contributed by atoms with Crippen LogP contribution in [0.2, 0.25) is 0 Å². The standard InChI is InChI=1S/C25H23N7/c1-5-17-6-8-22(31-16-28-15-29-31)20(10-17)24-30-21-11-18(19-12-26-14-27-13-19)7-9-23(21)32(24)25(2,3)4/h5-16H,1H2,2-4H3. The Bertz CT molecular complexity index is 1410. The molecule has 0 radical (unpaired) electrons. The summed E-state index contributed by atoms with van der Waals surface area (Å²) in [6.07, 6.45) is 10.2. The zero-order valence-electron chi connectivity index (χ0n) is 18.3. The molecular formula is C25H23N7. The summed E-state index contributed by atoms with van der Waals surface area (Å²) in [5, 5.41) is 4.36. The van der Waals surface area contributed by atoms with Gasteiger partial charge in [-0.25, -0.2) is 24.6 Å². The maximum Gasteiger partial charge on any atom is 0.143 e. The Kier molecular flexibility index (Phi) is 4.66. The molecule has 0 unspecified atom stereocenters. The second-order valence-corrected chi connectivity index (χ2v) is 8.59. The van der Waals surface area contributed by atoms with Crippen molar-refractivity contribution in [1.82, 2.24) is 34.3 Å². The van der Waals surface area contributed by atoms with E-state index in [9.17, 15) is 0 Å². The zero-order valence-corrected chi connectivity index (χ0v) is 18.3. The van der Waals surface area contributed by atoms with E-state index in [-0.39, 0.29) is 5.54 Å². The molecule has 0 atom stereocenters. The summed E-state index contributed by atoms with van der Waals surface area (Å²) in [5.41, 5.74) is 6.63. The first-order valence-corrected chi connectivity index (χ1v) is 10.4. The van der Waals surface area contributed by atoms with Gasteiger partial charge in [0, 0.05) is 29.1 Å². The second-order valence-electron chi connectivity index (χ2n) is 8.59. The minimum atomic E-state index is -0.203. The van der Waals surface area contributed by atoms with Gasteiger partial charge in [-0.1, -0.05) is 24.8 Å². The van der Waals surface area contributed by atoms with Crippen LogP contribution in [0.3, 0.4) is 0 Å². The molecule has 3 heterocycles. The van der Waals surface area contributed by atoms with Crippen molar-refractivity contribution in [3.05, 3.63) is 79.9 Å². The highest BCUT2D eigenvalue weighted by Gasteiger charge is 2.25. The fraction of sp³-hybridized carbons (Fsp3) is 0.160. The van der Waals surface area contributed by atoms with Crippen LogP contribution in [0.15, 0.2) is 74.4 Å². The van der Waals surface area contributed by atoms with E-state index >= 15 is 0 Å². The van der Waals surface area contributed by atoms with Crippen LogP contribution in [-0.4, -0.2) is 34.3 Å². The SMILES string of the molecule is C=Cc1ccc(-n2cncn2)c(-c2nc3cc(-c4cncnc4)ccc3n2C(C)(C)C)c1. The van der Waals surface area contributed by atoms with Crippen molar-refractivity contribution < 1.29 is 0 Å². The summed E-state index contributed by atoms with van der Waals surface area (Å²) < 4.78 is 4.04. The van der Waals surface area contributed by atoms with Crippen molar-refractivity contribution >= 4 is 17.1 Å². The predicted octanol–water partition coefficient (Wildman–Crippen LogP) is 5.14. The molecular weight excluding hydrogens is 398 g/mol. The number of rotatable bonds is 4. The van der Waals surface area contributed by atoms with Gasteiger partial charge >= 0.3 is 0 Å². The molecule has 7 nitrogen and oxygen atoms in total. The normalized spacial score (nSPS) is 11.7. The molecule has 158 valence electrons. The van der Waals surface area contributed by atoms with E-state index in [4.69, 9.17) is 4.98 Å². The van der Waals surface area contributed by atoms with Crippen LogP contribution in [0.5, 0.6) is 0 Å². The summed E-state index contributed by atoms with van der Waals surface area (Å²) in [6.45, 7) is 10.5. The van der Waals surface area contributed by atoms with E-state index in [1.165, 1.54) is 12.7 Å². The van der Waals surface area contributed by atoms with E-state index in [2.05, 4.69) is 76.2 Å². The van der Waals surface area contributed by atoms with Crippen LogP contribution in [-0.2, 0) is 5.54 Å². The third kappa shape index (κ3) is 3.37. The van der Waals surface area contributed by atoms with Crippen molar-refractivity contribution in [2.75, 3.05) is 0 Å². The van der Waals surface area contributed by atoms with Crippen LogP contribution in [0.1, 0.15) is 26.3 Å². The average Bonchev–Trinajstić information content (AvgIpc) is 3.46. The van der Waals surface area contributed by atoms with Gasteiger partial charge in [0.1, 0.15) is 24.8 Å². The summed E-state index contributed by atoms with van der Waals surface area (Å²) in [7, 11) is 0. The third-order valence-corrected chi connectivity index (χ3v) is 5.38. The summed E-state index contributed by atoms with van der Waals surface area (Å²) >= 11 is 0. The summed E-state index contributed by atoms with van der Waals surface area (Å²) in [6, 6.07) is 12.4. The van der Waals surface area contributed by atoms with Crippen molar-refractivity contribution in [2.24, 2.45) is 0 Å². The zero-order chi connectivity index (χ0) is 22.3. The smallest absolute Gasteiger partial charge is 0.143 e. The number of benzene rings is 2. The monoisotopic (exact) mass is 421 g/mol. The number of fused-ring (bicyclic) bond motifs is 1. The maximum atomic E-state index is 5.11. The number of nitrogens with zero attached hydrogens (tertiary/aromatic N) is 7. The number of hydrogen-bond acceptors (Lipinski definition) is 5. The lowest BCUT2D eigenvalue weighted by Crippen LogP contribution is -2.23. The molecule has 0 amide bonds. The molecule has 2 aromatic carbocycles. The van der Waals surface area contributed by atoms with Gasteiger partial charge in [0.15, 0.2) is 0 Å². The van der Waals surface area contributed by atoms with Crippen molar-refractivity contribution in [1.29, 1.82) is 0 Å². The highest BCUT2D eigenvalue weighted by Crippen LogP contribution is 2.36. The maximum absolute atomic E-state index is 5.11. The number of imidazole rings is 1. The van der Waals surface area contributed by atoms with E-state index in [0.29, 0.717) is 0 Å². The Morgan fingerprint density at radius 1 is 0.906 bits per heavy atom. The number of aromatic nitrogens is 7. The minimum absolute atomic E-state index is 0.203. The summed E-state index contributed by atoms with van der Waals surface area (Å²) in [5.74, 6) is 0.864. The molecule has 0 N–H and O–H groups in total. The predicted molar refractivity (Wildman–Crippen MR) is 126 cm³/mol. The van der Waals surface area contributed by atoms with Crippen molar-refractivity contribution in [2.45, 2.75) is 26.3 Å². The third-order valence-electron chi connectivity index (χ3n) is 5.38. The van der Waals surface area contributed by atoms with E-state index < -0.39 is 0 Å². The first-order valence-electron chi connectivity index (χ1n) is 10.4.